The highest BCUT2D eigenvalue weighted by Crippen LogP contribution is 2.30. The maximum absolute atomic E-state index is 11.5. The molecule has 112 valence electrons. The van der Waals surface area contributed by atoms with Gasteiger partial charge >= 0.3 is 5.97 Å². The van der Waals surface area contributed by atoms with Crippen molar-refractivity contribution in [2.45, 2.75) is 13.8 Å². The van der Waals surface area contributed by atoms with Gasteiger partial charge in [0, 0.05) is 16.8 Å². The molecule has 1 aromatic heterocycles. The lowest BCUT2D eigenvalue weighted by Crippen LogP contribution is -2.15. The van der Waals surface area contributed by atoms with Crippen molar-refractivity contribution in [1.29, 1.82) is 0 Å². The van der Waals surface area contributed by atoms with E-state index in [-0.39, 0.29) is 5.71 Å². The molecule has 0 bridgehead atoms. The molecule has 0 amide bonds. The van der Waals surface area contributed by atoms with Crippen LogP contribution in [0.5, 0.6) is 0 Å². The molecular weight excluding hydrogens is 280 g/mol. The average Bonchev–Trinajstić information content (AvgIpc) is 2.90. The molecule has 0 radical (unpaired) electrons. The summed E-state index contributed by atoms with van der Waals surface area (Å²) in [7, 11) is 0. The maximum atomic E-state index is 11.5. The SMILES string of the molecule is CCOC(=O)C(C)=NNc1ccc2c(c1)oc1ccccc12. The lowest BCUT2D eigenvalue weighted by atomic mass is 10.1. The van der Waals surface area contributed by atoms with Gasteiger partial charge in [-0.05, 0) is 32.0 Å². The second-order valence-electron chi connectivity index (χ2n) is 4.84. The van der Waals surface area contributed by atoms with E-state index in [4.69, 9.17) is 9.15 Å². The first-order valence-corrected chi connectivity index (χ1v) is 7.07. The normalized spacial score (nSPS) is 11.8. The van der Waals surface area contributed by atoms with Crippen molar-refractivity contribution in [2.75, 3.05) is 12.0 Å². The van der Waals surface area contributed by atoms with Crippen molar-refractivity contribution in [3.8, 4) is 0 Å². The minimum atomic E-state index is -0.431. The van der Waals surface area contributed by atoms with Crippen molar-refractivity contribution in [3.05, 3.63) is 42.5 Å². The second kappa shape index (κ2) is 5.89. The number of nitrogens with one attached hydrogen (secondary N) is 1. The van der Waals surface area contributed by atoms with Gasteiger partial charge in [-0.1, -0.05) is 18.2 Å². The number of para-hydroxylation sites is 1. The number of esters is 1. The van der Waals surface area contributed by atoms with Crippen molar-refractivity contribution < 1.29 is 13.9 Å². The van der Waals surface area contributed by atoms with Crippen molar-refractivity contribution in [3.63, 3.8) is 0 Å². The Balaban J connectivity index is 1.88. The summed E-state index contributed by atoms with van der Waals surface area (Å²) in [6.07, 6.45) is 0. The van der Waals surface area contributed by atoms with E-state index in [1.54, 1.807) is 13.8 Å². The van der Waals surface area contributed by atoms with Crippen LogP contribution in [-0.4, -0.2) is 18.3 Å². The third-order valence-corrected chi connectivity index (χ3v) is 3.30. The van der Waals surface area contributed by atoms with Crippen LogP contribution >= 0.6 is 0 Å². The molecule has 5 heteroatoms. The molecule has 0 aliphatic heterocycles. The number of hydrogen-bond acceptors (Lipinski definition) is 5. The number of benzene rings is 2. The molecule has 0 aliphatic carbocycles. The summed E-state index contributed by atoms with van der Waals surface area (Å²) < 4.78 is 10.7. The predicted molar refractivity (Wildman–Crippen MR) is 87.1 cm³/mol. The summed E-state index contributed by atoms with van der Waals surface area (Å²) in [6.45, 7) is 3.69. The quantitative estimate of drug-likeness (QED) is 0.450. The number of anilines is 1. The molecule has 0 atom stereocenters. The summed E-state index contributed by atoms with van der Waals surface area (Å²) in [5.74, 6) is -0.431. The van der Waals surface area contributed by atoms with Gasteiger partial charge in [-0.25, -0.2) is 4.79 Å². The van der Waals surface area contributed by atoms with Crippen LogP contribution in [0.4, 0.5) is 5.69 Å². The molecule has 0 aliphatic rings. The van der Waals surface area contributed by atoms with Crippen molar-refractivity contribution in [2.24, 2.45) is 5.10 Å². The highest BCUT2D eigenvalue weighted by Gasteiger charge is 2.08. The fourth-order valence-corrected chi connectivity index (χ4v) is 2.23. The lowest BCUT2D eigenvalue weighted by molar-refractivity contribution is -0.135. The van der Waals surface area contributed by atoms with Gasteiger partial charge in [0.05, 0.1) is 12.3 Å². The lowest BCUT2D eigenvalue weighted by Gasteiger charge is -2.03. The minimum absolute atomic E-state index is 0.270. The molecular formula is C17H16N2O3. The van der Waals surface area contributed by atoms with E-state index < -0.39 is 5.97 Å². The smallest absolute Gasteiger partial charge is 0.354 e. The second-order valence-corrected chi connectivity index (χ2v) is 4.84. The predicted octanol–water partition coefficient (Wildman–Crippen LogP) is 3.94. The molecule has 5 nitrogen and oxygen atoms in total. The molecule has 0 unspecified atom stereocenters. The van der Waals surface area contributed by atoms with Crippen LogP contribution in [0.1, 0.15) is 13.8 Å². The number of ether oxygens (including phenoxy) is 1. The van der Waals surface area contributed by atoms with Gasteiger partial charge in [-0.2, -0.15) is 5.10 Å². The number of hydrogen-bond donors (Lipinski definition) is 1. The standard InChI is InChI=1S/C17H16N2O3/c1-3-21-17(20)11(2)18-19-12-8-9-14-13-6-4-5-7-15(13)22-16(14)10-12/h4-10,19H,3H2,1-2H3. The first-order valence-electron chi connectivity index (χ1n) is 7.07. The summed E-state index contributed by atoms with van der Waals surface area (Å²) >= 11 is 0. The first kappa shape index (κ1) is 14.1. The van der Waals surface area contributed by atoms with Gasteiger partial charge < -0.3 is 9.15 Å². The molecule has 0 fully saturated rings. The van der Waals surface area contributed by atoms with E-state index in [0.717, 1.165) is 27.6 Å². The van der Waals surface area contributed by atoms with E-state index in [2.05, 4.69) is 10.5 Å². The fourth-order valence-electron chi connectivity index (χ4n) is 2.23. The Labute approximate surface area is 127 Å². The number of fused-ring (bicyclic) bond motifs is 3. The van der Waals surface area contributed by atoms with Gasteiger partial charge in [0.25, 0.3) is 0 Å². The molecule has 0 saturated carbocycles. The molecule has 1 N–H and O–H groups in total. The van der Waals surface area contributed by atoms with Gasteiger partial charge in [-0.3, -0.25) is 5.43 Å². The largest absolute Gasteiger partial charge is 0.461 e. The van der Waals surface area contributed by atoms with E-state index >= 15 is 0 Å². The molecule has 3 aromatic rings. The van der Waals surface area contributed by atoms with Crippen molar-refractivity contribution in [1.82, 2.24) is 0 Å². The van der Waals surface area contributed by atoms with E-state index in [1.165, 1.54) is 0 Å². The first-order chi connectivity index (χ1) is 10.7. The molecule has 0 spiro atoms. The average molecular weight is 296 g/mol. The number of hydrazone groups is 1. The van der Waals surface area contributed by atoms with Gasteiger partial charge in [0.2, 0.25) is 0 Å². The van der Waals surface area contributed by atoms with Crippen molar-refractivity contribution >= 4 is 39.3 Å². The molecule has 22 heavy (non-hydrogen) atoms. The maximum Gasteiger partial charge on any atom is 0.354 e. The molecule has 0 saturated heterocycles. The number of nitrogens with zero attached hydrogens (tertiary/aromatic N) is 1. The van der Waals surface area contributed by atoms with E-state index in [0.29, 0.717) is 6.61 Å². The number of furan rings is 1. The van der Waals surface area contributed by atoms with Crippen LogP contribution in [0.3, 0.4) is 0 Å². The number of carbonyl (C=O) groups excluding carboxylic acids is 1. The topological polar surface area (TPSA) is 63.8 Å². The highest BCUT2D eigenvalue weighted by molar-refractivity contribution is 6.35. The molecule has 2 aromatic carbocycles. The van der Waals surface area contributed by atoms with Crippen LogP contribution < -0.4 is 5.43 Å². The third-order valence-electron chi connectivity index (χ3n) is 3.30. The Bertz CT molecular complexity index is 865. The van der Waals surface area contributed by atoms with Crippen LogP contribution in [-0.2, 0) is 9.53 Å². The number of carbonyl (C=O) groups is 1. The Kier molecular flexibility index (Phi) is 3.78. The Morgan fingerprint density at radius 1 is 1.18 bits per heavy atom. The molecule has 1 heterocycles. The van der Waals surface area contributed by atoms with Crippen LogP contribution in [0.25, 0.3) is 21.9 Å². The monoisotopic (exact) mass is 296 g/mol. The van der Waals surface area contributed by atoms with Gasteiger partial charge in [-0.15, -0.1) is 0 Å². The van der Waals surface area contributed by atoms with E-state index in [9.17, 15) is 4.79 Å². The fraction of sp³-hybridized carbons (Fsp3) is 0.176. The van der Waals surface area contributed by atoms with Crippen LogP contribution in [0.15, 0.2) is 52.0 Å². The number of rotatable bonds is 4. The summed E-state index contributed by atoms with van der Waals surface area (Å²) in [5.41, 5.74) is 5.48. The highest BCUT2D eigenvalue weighted by atomic mass is 16.5. The Morgan fingerprint density at radius 2 is 1.95 bits per heavy atom. The summed E-state index contributed by atoms with van der Waals surface area (Å²) in [4.78, 5) is 11.5. The van der Waals surface area contributed by atoms with Crippen LogP contribution in [0, 0.1) is 0 Å². The van der Waals surface area contributed by atoms with E-state index in [1.807, 2.05) is 42.5 Å². The zero-order chi connectivity index (χ0) is 15.5. The van der Waals surface area contributed by atoms with Crippen LogP contribution in [0.2, 0.25) is 0 Å². The Morgan fingerprint density at radius 3 is 2.77 bits per heavy atom. The third kappa shape index (κ3) is 2.65. The zero-order valence-electron chi connectivity index (χ0n) is 12.4. The van der Waals surface area contributed by atoms with Gasteiger partial charge in [0.15, 0.2) is 0 Å². The zero-order valence-corrected chi connectivity index (χ0v) is 12.4. The Hall–Kier alpha value is -2.82. The minimum Gasteiger partial charge on any atom is -0.461 e. The summed E-state index contributed by atoms with van der Waals surface area (Å²) in [6, 6.07) is 13.6. The summed E-state index contributed by atoms with van der Waals surface area (Å²) in [5, 5.41) is 6.15. The van der Waals surface area contributed by atoms with Gasteiger partial charge in [0.1, 0.15) is 16.9 Å². The molecule has 3 rings (SSSR count).